The van der Waals surface area contributed by atoms with Gasteiger partial charge in [-0.05, 0) is 37.8 Å². The lowest BCUT2D eigenvalue weighted by Crippen LogP contribution is -2.15. The van der Waals surface area contributed by atoms with Crippen molar-refractivity contribution in [2.75, 3.05) is 6.61 Å². The molecule has 0 unspecified atom stereocenters. The van der Waals surface area contributed by atoms with E-state index in [0.29, 0.717) is 6.61 Å². The molecular weight excluding hydrogens is 238 g/mol. The molecule has 2 rings (SSSR count). The average molecular weight is 265 g/mol. The number of ether oxygens (including phenoxy) is 1. The van der Waals surface area contributed by atoms with Crippen LogP contribution in [0.2, 0.25) is 0 Å². The highest BCUT2D eigenvalue weighted by atomic mass is 16.5. The maximum Gasteiger partial charge on any atom is 0.130 e. The fourth-order valence-corrected chi connectivity index (χ4v) is 2.16. The fourth-order valence-electron chi connectivity index (χ4n) is 2.16. The lowest BCUT2D eigenvalue weighted by molar-refractivity contribution is 0.101. The van der Waals surface area contributed by atoms with E-state index in [2.05, 4.69) is 25.2 Å². The molecule has 19 heavy (non-hydrogen) atoms. The molecule has 1 aromatic heterocycles. The minimum absolute atomic E-state index is 0.608. The molecule has 1 aliphatic rings. The van der Waals surface area contributed by atoms with Crippen molar-refractivity contribution in [3.05, 3.63) is 23.2 Å². The summed E-state index contributed by atoms with van der Waals surface area (Å²) in [7, 11) is 0. The molecule has 0 bridgehead atoms. The van der Waals surface area contributed by atoms with Crippen LogP contribution in [0.5, 0.6) is 0 Å². The molecule has 108 valence electrons. The second-order valence-electron chi connectivity index (χ2n) is 5.59. The van der Waals surface area contributed by atoms with Crippen LogP contribution >= 0.6 is 0 Å². The summed E-state index contributed by atoms with van der Waals surface area (Å²) >= 11 is 0. The highest BCUT2D eigenvalue weighted by Crippen LogP contribution is 2.21. The van der Waals surface area contributed by atoms with Crippen molar-refractivity contribution in [2.24, 2.45) is 0 Å². The Morgan fingerprint density at radius 1 is 1.32 bits per heavy atom. The van der Waals surface area contributed by atoms with E-state index in [9.17, 15) is 0 Å². The van der Waals surface area contributed by atoms with Crippen LogP contribution in [0.25, 0.3) is 0 Å². The lowest BCUT2D eigenvalue weighted by atomic mass is 10.2. The predicted octanol–water partition coefficient (Wildman–Crippen LogP) is 3.94. The molecule has 0 saturated heterocycles. The smallest absolute Gasteiger partial charge is 0.130 e. The standard InChI is InChI=1S/C16H27NO2/c1-3-4-5-6-9-18-12-15-10-13(2)16(19-15)11-17-14-7-8-14/h10,14,17H,3-9,11-12H2,1-2H3. The number of hydrogen-bond donors (Lipinski definition) is 1. The van der Waals surface area contributed by atoms with E-state index in [1.807, 2.05) is 0 Å². The molecule has 1 aliphatic carbocycles. The molecular formula is C16H27NO2. The molecule has 3 nitrogen and oxygen atoms in total. The largest absolute Gasteiger partial charge is 0.462 e. The summed E-state index contributed by atoms with van der Waals surface area (Å²) in [5, 5.41) is 3.48. The summed E-state index contributed by atoms with van der Waals surface area (Å²) in [5.41, 5.74) is 1.23. The first-order chi connectivity index (χ1) is 9.29. The number of hydrogen-bond acceptors (Lipinski definition) is 3. The Hall–Kier alpha value is -0.800. The number of unbranched alkanes of at least 4 members (excludes halogenated alkanes) is 3. The van der Waals surface area contributed by atoms with Gasteiger partial charge in [-0.15, -0.1) is 0 Å². The van der Waals surface area contributed by atoms with E-state index < -0.39 is 0 Å². The normalized spacial score (nSPS) is 15.1. The van der Waals surface area contributed by atoms with Crippen LogP contribution < -0.4 is 5.32 Å². The zero-order valence-electron chi connectivity index (χ0n) is 12.3. The van der Waals surface area contributed by atoms with Crippen molar-refractivity contribution < 1.29 is 9.15 Å². The van der Waals surface area contributed by atoms with E-state index in [1.54, 1.807) is 0 Å². The van der Waals surface area contributed by atoms with Crippen molar-refractivity contribution >= 4 is 0 Å². The highest BCUT2D eigenvalue weighted by molar-refractivity contribution is 5.19. The molecule has 1 fully saturated rings. The summed E-state index contributed by atoms with van der Waals surface area (Å²) in [5.74, 6) is 2.03. The number of rotatable bonds is 10. The zero-order chi connectivity index (χ0) is 13.5. The van der Waals surface area contributed by atoms with Gasteiger partial charge in [0.05, 0.1) is 6.54 Å². The van der Waals surface area contributed by atoms with Crippen molar-refractivity contribution in [1.29, 1.82) is 0 Å². The molecule has 1 saturated carbocycles. The molecule has 0 atom stereocenters. The SMILES string of the molecule is CCCCCCOCc1cc(C)c(CNC2CC2)o1. The quantitative estimate of drug-likeness (QED) is 0.651. The summed E-state index contributed by atoms with van der Waals surface area (Å²) < 4.78 is 11.5. The van der Waals surface area contributed by atoms with E-state index >= 15 is 0 Å². The third-order valence-electron chi connectivity index (χ3n) is 3.59. The van der Waals surface area contributed by atoms with Crippen molar-refractivity contribution in [2.45, 2.75) is 71.6 Å². The Morgan fingerprint density at radius 2 is 2.16 bits per heavy atom. The Kier molecular flexibility index (Phi) is 5.93. The van der Waals surface area contributed by atoms with Crippen molar-refractivity contribution in [3.63, 3.8) is 0 Å². The Morgan fingerprint density at radius 3 is 2.89 bits per heavy atom. The second-order valence-corrected chi connectivity index (χ2v) is 5.59. The minimum atomic E-state index is 0.608. The third-order valence-corrected chi connectivity index (χ3v) is 3.59. The van der Waals surface area contributed by atoms with Gasteiger partial charge in [0.2, 0.25) is 0 Å². The van der Waals surface area contributed by atoms with Gasteiger partial charge in [-0.2, -0.15) is 0 Å². The van der Waals surface area contributed by atoms with E-state index in [4.69, 9.17) is 9.15 Å². The Bertz CT molecular complexity index is 369. The number of furan rings is 1. The maximum absolute atomic E-state index is 5.83. The first-order valence-electron chi connectivity index (χ1n) is 7.69. The van der Waals surface area contributed by atoms with Crippen LogP contribution in [0.15, 0.2) is 10.5 Å². The molecule has 0 radical (unpaired) electrons. The highest BCUT2D eigenvalue weighted by Gasteiger charge is 2.21. The summed E-state index contributed by atoms with van der Waals surface area (Å²) in [4.78, 5) is 0. The van der Waals surface area contributed by atoms with Gasteiger partial charge in [-0.1, -0.05) is 26.2 Å². The van der Waals surface area contributed by atoms with Gasteiger partial charge in [0.15, 0.2) is 0 Å². The summed E-state index contributed by atoms with van der Waals surface area (Å²) in [6, 6.07) is 2.83. The monoisotopic (exact) mass is 265 g/mol. The first-order valence-corrected chi connectivity index (χ1v) is 7.69. The predicted molar refractivity (Wildman–Crippen MR) is 77.1 cm³/mol. The van der Waals surface area contributed by atoms with Gasteiger partial charge >= 0.3 is 0 Å². The van der Waals surface area contributed by atoms with Crippen LogP contribution in [-0.2, 0) is 17.9 Å². The molecule has 1 aromatic rings. The molecule has 0 spiro atoms. The van der Waals surface area contributed by atoms with Crippen molar-refractivity contribution in [3.8, 4) is 0 Å². The summed E-state index contributed by atoms with van der Waals surface area (Å²) in [6.07, 6.45) is 7.63. The maximum atomic E-state index is 5.83. The number of nitrogens with one attached hydrogen (secondary N) is 1. The van der Waals surface area contributed by atoms with Gasteiger partial charge in [0, 0.05) is 12.6 Å². The van der Waals surface area contributed by atoms with Crippen LogP contribution in [-0.4, -0.2) is 12.6 Å². The molecule has 1 heterocycles. The average Bonchev–Trinajstić information content (AvgIpc) is 3.16. The van der Waals surface area contributed by atoms with E-state index in [1.165, 1.54) is 37.7 Å². The van der Waals surface area contributed by atoms with E-state index in [0.717, 1.165) is 37.1 Å². The van der Waals surface area contributed by atoms with E-state index in [-0.39, 0.29) is 0 Å². The fraction of sp³-hybridized carbons (Fsp3) is 0.750. The minimum Gasteiger partial charge on any atom is -0.462 e. The van der Waals surface area contributed by atoms with Crippen LogP contribution in [0.1, 0.15) is 62.5 Å². The van der Waals surface area contributed by atoms with Crippen LogP contribution in [0, 0.1) is 6.92 Å². The molecule has 3 heteroatoms. The molecule has 1 N–H and O–H groups in total. The Labute approximate surface area is 116 Å². The molecule has 0 aliphatic heterocycles. The van der Waals surface area contributed by atoms with Gasteiger partial charge in [0.25, 0.3) is 0 Å². The first kappa shape index (κ1) is 14.6. The van der Waals surface area contributed by atoms with Crippen LogP contribution in [0.3, 0.4) is 0 Å². The Balaban J connectivity index is 1.64. The lowest BCUT2D eigenvalue weighted by Gasteiger charge is -2.02. The van der Waals surface area contributed by atoms with Crippen LogP contribution in [0.4, 0.5) is 0 Å². The van der Waals surface area contributed by atoms with Gasteiger partial charge in [-0.25, -0.2) is 0 Å². The third kappa shape index (κ3) is 5.37. The molecule has 0 aromatic carbocycles. The number of aryl methyl sites for hydroxylation is 1. The molecule has 0 amide bonds. The van der Waals surface area contributed by atoms with Crippen molar-refractivity contribution in [1.82, 2.24) is 5.32 Å². The van der Waals surface area contributed by atoms with Gasteiger partial charge in [-0.3, -0.25) is 0 Å². The van der Waals surface area contributed by atoms with Gasteiger partial charge in [0.1, 0.15) is 18.1 Å². The van der Waals surface area contributed by atoms with Gasteiger partial charge < -0.3 is 14.5 Å². The second kappa shape index (κ2) is 7.71. The summed E-state index contributed by atoms with van der Waals surface area (Å²) in [6.45, 7) is 6.64. The topological polar surface area (TPSA) is 34.4 Å². The zero-order valence-corrected chi connectivity index (χ0v) is 12.3.